The molecule has 0 atom stereocenters. The molecule has 3 nitrogen and oxygen atoms in total. The Morgan fingerprint density at radius 3 is 2.80 bits per heavy atom. The van der Waals surface area contributed by atoms with Crippen molar-refractivity contribution in [3.8, 4) is 0 Å². The number of carbonyl (C=O) groups excluding carboxylic acids is 1. The van der Waals surface area contributed by atoms with E-state index in [9.17, 15) is 4.79 Å². The summed E-state index contributed by atoms with van der Waals surface area (Å²) in [5.74, 6) is -0.00153. The maximum absolute atomic E-state index is 11.7. The largest absolute Gasteiger partial charge is 0.351 e. The summed E-state index contributed by atoms with van der Waals surface area (Å²) in [6.07, 6.45) is 0. The van der Waals surface area contributed by atoms with Gasteiger partial charge < -0.3 is 10.6 Å². The highest BCUT2D eigenvalue weighted by Crippen LogP contribution is 2.13. The number of hydrogen-bond acceptors (Lipinski definition) is 2. The number of likely N-dealkylation sites (N-methyl/N-ethyl adjacent to an activating group) is 1. The molecule has 1 rings (SSSR count). The van der Waals surface area contributed by atoms with E-state index in [1.165, 1.54) is 0 Å². The predicted octanol–water partition coefficient (Wildman–Crippen LogP) is 1.55. The van der Waals surface area contributed by atoms with Crippen LogP contribution in [0.1, 0.15) is 15.9 Å². The molecule has 0 saturated heterocycles. The summed E-state index contributed by atoms with van der Waals surface area (Å²) in [5, 5.41) is 5.85. The molecule has 0 aliphatic carbocycles. The van der Waals surface area contributed by atoms with Gasteiger partial charge in [0, 0.05) is 16.7 Å². The Morgan fingerprint density at radius 1 is 1.40 bits per heavy atom. The molecule has 0 bridgehead atoms. The number of halogens is 1. The van der Waals surface area contributed by atoms with Crippen molar-refractivity contribution in [2.45, 2.75) is 6.92 Å². The predicted molar refractivity (Wildman–Crippen MR) is 70.2 cm³/mol. The molecule has 2 N–H and O–H groups in total. The van der Waals surface area contributed by atoms with Crippen molar-refractivity contribution in [1.82, 2.24) is 10.6 Å². The van der Waals surface area contributed by atoms with Crippen molar-refractivity contribution in [2.24, 2.45) is 0 Å². The van der Waals surface area contributed by atoms with E-state index < -0.39 is 0 Å². The first-order chi connectivity index (χ1) is 7.15. The molecule has 0 unspecified atom stereocenters. The SMILES string of the molecule is CNCCNC(=O)c1cc(C)ccc1I. The molecule has 1 aromatic carbocycles. The van der Waals surface area contributed by atoms with Gasteiger partial charge in [-0.1, -0.05) is 11.6 Å². The van der Waals surface area contributed by atoms with Crippen LogP contribution < -0.4 is 10.6 Å². The third-order valence-corrected chi connectivity index (χ3v) is 2.97. The first kappa shape index (κ1) is 12.4. The van der Waals surface area contributed by atoms with Crippen LogP contribution in [0.3, 0.4) is 0 Å². The van der Waals surface area contributed by atoms with Crippen molar-refractivity contribution < 1.29 is 4.79 Å². The van der Waals surface area contributed by atoms with Crippen LogP contribution in [0, 0.1) is 10.5 Å². The van der Waals surface area contributed by atoms with E-state index in [4.69, 9.17) is 0 Å². The van der Waals surface area contributed by atoms with Crippen LogP contribution in [-0.2, 0) is 0 Å². The molecule has 0 fully saturated rings. The lowest BCUT2D eigenvalue weighted by atomic mass is 10.1. The highest BCUT2D eigenvalue weighted by molar-refractivity contribution is 14.1. The minimum atomic E-state index is -0.00153. The van der Waals surface area contributed by atoms with E-state index in [2.05, 4.69) is 33.2 Å². The number of amides is 1. The molecule has 82 valence electrons. The van der Waals surface area contributed by atoms with Crippen molar-refractivity contribution in [3.05, 3.63) is 32.9 Å². The summed E-state index contributed by atoms with van der Waals surface area (Å²) in [5.41, 5.74) is 1.86. The molecular formula is C11H15IN2O. The van der Waals surface area contributed by atoms with Crippen LogP contribution in [0.4, 0.5) is 0 Å². The molecule has 0 radical (unpaired) electrons. The molecular weight excluding hydrogens is 303 g/mol. The molecule has 0 saturated carbocycles. The highest BCUT2D eigenvalue weighted by atomic mass is 127. The fourth-order valence-electron chi connectivity index (χ4n) is 1.21. The van der Waals surface area contributed by atoms with Crippen LogP contribution in [0.25, 0.3) is 0 Å². The lowest BCUT2D eigenvalue weighted by molar-refractivity contribution is 0.0953. The van der Waals surface area contributed by atoms with Crippen LogP contribution in [0.5, 0.6) is 0 Å². The Morgan fingerprint density at radius 2 is 2.13 bits per heavy atom. The van der Waals surface area contributed by atoms with Gasteiger partial charge in [-0.05, 0) is 48.7 Å². The van der Waals surface area contributed by atoms with Gasteiger partial charge in [0.2, 0.25) is 0 Å². The first-order valence-electron chi connectivity index (χ1n) is 4.84. The average Bonchev–Trinajstić information content (AvgIpc) is 2.22. The molecule has 15 heavy (non-hydrogen) atoms. The van der Waals surface area contributed by atoms with Crippen molar-refractivity contribution in [1.29, 1.82) is 0 Å². The molecule has 1 amide bonds. The van der Waals surface area contributed by atoms with E-state index in [0.717, 1.165) is 21.2 Å². The lowest BCUT2D eigenvalue weighted by Gasteiger charge is -2.07. The van der Waals surface area contributed by atoms with Crippen LogP contribution in [-0.4, -0.2) is 26.0 Å². The van der Waals surface area contributed by atoms with Crippen LogP contribution >= 0.6 is 22.6 Å². The fourth-order valence-corrected chi connectivity index (χ4v) is 1.79. The normalized spacial score (nSPS) is 10.1. The Balaban J connectivity index is 2.68. The number of aryl methyl sites for hydroxylation is 1. The molecule has 0 spiro atoms. The van der Waals surface area contributed by atoms with E-state index >= 15 is 0 Å². The lowest BCUT2D eigenvalue weighted by Crippen LogP contribution is -2.30. The summed E-state index contributed by atoms with van der Waals surface area (Å²) >= 11 is 2.18. The van der Waals surface area contributed by atoms with Gasteiger partial charge in [-0.25, -0.2) is 0 Å². The van der Waals surface area contributed by atoms with E-state index in [-0.39, 0.29) is 5.91 Å². The maximum Gasteiger partial charge on any atom is 0.252 e. The Kier molecular flexibility index (Phi) is 5.04. The van der Waals surface area contributed by atoms with E-state index in [1.807, 2.05) is 32.2 Å². The van der Waals surface area contributed by atoms with Gasteiger partial charge in [0.25, 0.3) is 5.91 Å². The molecule has 1 aromatic rings. The fraction of sp³-hybridized carbons (Fsp3) is 0.364. The number of carbonyl (C=O) groups is 1. The van der Waals surface area contributed by atoms with Crippen molar-refractivity contribution in [3.63, 3.8) is 0 Å². The van der Waals surface area contributed by atoms with Crippen molar-refractivity contribution in [2.75, 3.05) is 20.1 Å². The zero-order valence-electron chi connectivity index (χ0n) is 8.93. The monoisotopic (exact) mass is 318 g/mol. The zero-order chi connectivity index (χ0) is 11.3. The third kappa shape index (κ3) is 3.79. The van der Waals surface area contributed by atoms with Crippen LogP contribution in [0.15, 0.2) is 18.2 Å². The second-order valence-corrected chi connectivity index (χ2v) is 4.50. The Hall–Kier alpha value is -0.620. The number of benzene rings is 1. The summed E-state index contributed by atoms with van der Waals surface area (Å²) < 4.78 is 0.986. The van der Waals surface area contributed by atoms with Gasteiger partial charge in [-0.3, -0.25) is 4.79 Å². The van der Waals surface area contributed by atoms with Gasteiger partial charge in [-0.2, -0.15) is 0 Å². The zero-order valence-corrected chi connectivity index (χ0v) is 11.1. The summed E-state index contributed by atoms with van der Waals surface area (Å²) in [6, 6.07) is 5.88. The third-order valence-electron chi connectivity index (χ3n) is 2.03. The first-order valence-corrected chi connectivity index (χ1v) is 5.92. The average molecular weight is 318 g/mol. The molecule has 4 heteroatoms. The molecule has 0 heterocycles. The topological polar surface area (TPSA) is 41.1 Å². The molecule has 0 aromatic heterocycles. The second kappa shape index (κ2) is 6.07. The number of rotatable bonds is 4. The van der Waals surface area contributed by atoms with E-state index in [1.54, 1.807) is 0 Å². The highest BCUT2D eigenvalue weighted by Gasteiger charge is 2.08. The number of hydrogen-bond donors (Lipinski definition) is 2. The molecule has 0 aliphatic rings. The van der Waals surface area contributed by atoms with Gasteiger partial charge in [0.15, 0.2) is 0 Å². The standard InChI is InChI=1S/C11H15IN2O/c1-8-3-4-10(12)9(7-8)11(15)14-6-5-13-2/h3-4,7,13H,5-6H2,1-2H3,(H,14,15). The summed E-state index contributed by atoms with van der Waals surface area (Å²) in [7, 11) is 1.86. The minimum Gasteiger partial charge on any atom is -0.351 e. The Bertz CT molecular complexity index is 352. The quantitative estimate of drug-likeness (QED) is 0.653. The number of nitrogens with one attached hydrogen (secondary N) is 2. The van der Waals surface area contributed by atoms with Gasteiger partial charge in [0.1, 0.15) is 0 Å². The van der Waals surface area contributed by atoms with Gasteiger partial charge in [-0.15, -0.1) is 0 Å². The van der Waals surface area contributed by atoms with Crippen molar-refractivity contribution >= 4 is 28.5 Å². The maximum atomic E-state index is 11.7. The Labute approximate surface area is 104 Å². The minimum absolute atomic E-state index is 0.00153. The smallest absolute Gasteiger partial charge is 0.252 e. The van der Waals surface area contributed by atoms with Crippen LogP contribution in [0.2, 0.25) is 0 Å². The summed E-state index contributed by atoms with van der Waals surface area (Å²) in [6.45, 7) is 3.42. The van der Waals surface area contributed by atoms with Gasteiger partial charge in [0.05, 0.1) is 5.56 Å². The summed E-state index contributed by atoms with van der Waals surface area (Å²) in [4.78, 5) is 11.7. The van der Waals surface area contributed by atoms with Gasteiger partial charge >= 0.3 is 0 Å². The second-order valence-electron chi connectivity index (χ2n) is 3.34. The molecule has 0 aliphatic heterocycles. The van der Waals surface area contributed by atoms with E-state index in [0.29, 0.717) is 6.54 Å².